The Kier molecular flexibility index (Phi) is 1.70. The van der Waals surface area contributed by atoms with E-state index in [2.05, 4.69) is 13.8 Å². The summed E-state index contributed by atoms with van der Waals surface area (Å²) in [7, 11) is 0. The molecule has 4 aliphatic rings. The van der Waals surface area contributed by atoms with E-state index in [4.69, 9.17) is 14.2 Å². The molecule has 92 valence electrons. The fourth-order valence-corrected chi connectivity index (χ4v) is 3.34. The lowest BCUT2D eigenvalue weighted by atomic mass is 9.95. The molecule has 4 heteroatoms. The van der Waals surface area contributed by atoms with Crippen molar-refractivity contribution in [1.82, 2.24) is 0 Å². The molecule has 17 heavy (non-hydrogen) atoms. The lowest BCUT2D eigenvalue weighted by Gasteiger charge is -2.38. The van der Waals surface area contributed by atoms with Crippen LogP contribution in [-0.2, 0) is 19.0 Å². The van der Waals surface area contributed by atoms with E-state index in [-0.39, 0.29) is 35.2 Å². The normalized spacial score (nSPS) is 48.2. The Morgan fingerprint density at radius 1 is 1.24 bits per heavy atom. The van der Waals surface area contributed by atoms with Crippen molar-refractivity contribution in [3.8, 4) is 0 Å². The molecule has 4 rings (SSSR count). The molecule has 0 radical (unpaired) electrons. The van der Waals surface area contributed by atoms with Gasteiger partial charge in [0.1, 0.15) is 6.10 Å². The van der Waals surface area contributed by atoms with Crippen molar-refractivity contribution in [2.24, 2.45) is 17.3 Å². The maximum absolute atomic E-state index is 11.7. The molecular formula is C13H16O4. The number of hydrogen-bond acceptors (Lipinski definition) is 4. The molecule has 0 N–H and O–H groups in total. The minimum Gasteiger partial charge on any atom is -0.362 e. The van der Waals surface area contributed by atoms with Gasteiger partial charge in [0.2, 0.25) is 0 Å². The Morgan fingerprint density at radius 3 is 2.65 bits per heavy atom. The smallest absolute Gasteiger partial charge is 0.184 e. The average Bonchev–Trinajstić information content (AvgIpc) is 2.80. The molecule has 0 aromatic carbocycles. The Labute approximate surface area is 99.9 Å². The van der Waals surface area contributed by atoms with E-state index < -0.39 is 5.79 Å². The molecule has 0 amide bonds. The number of hydrogen-bond donors (Lipinski definition) is 0. The van der Waals surface area contributed by atoms with Gasteiger partial charge in [0.25, 0.3) is 0 Å². The van der Waals surface area contributed by atoms with E-state index in [9.17, 15) is 4.79 Å². The first-order valence-corrected chi connectivity index (χ1v) is 6.19. The summed E-state index contributed by atoms with van der Waals surface area (Å²) >= 11 is 0. The predicted octanol–water partition coefficient (Wildman–Crippen LogP) is 0.908. The van der Waals surface area contributed by atoms with Gasteiger partial charge >= 0.3 is 0 Å². The van der Waals surface area contributed by atoms with Gasteiger partial charge in [-0.3, -0.25) is 4.79 Å². The Balaban J connectivity index is 1.61. The van der Waals surface area contributed by atoms with E-state index in [1.54, 1.807) is 6.08 Å². The molecular weight excluding hydrogens is 220 g/mol. The number of carbonyl (C=O) groups excluding carboxylic acids is 1. The van der Waals surface area contributed by atoms with Crippen LogP contribution in [0.2, 0.25) is 0 Å². The quantitative estimate of drug-likeness (QED) is 0.627. The van der Waals surface area contributed by atoms with Crippen molar-refractivity contribution in [1.29, 1.82) is 0 Å². The molecule has 0 aromatic rings. The molecule has 4 nitrogen and oxygen atoms in total. The summed E-state index contributed by atoms with van der Waals surface area (Å²) in [6.45, 7) is 5.63. The third kappa shape index (κ3) is 1.16. The maximum atomic E-state index is 11.7. The van der Waals surface area contributed by atoms with E-state index >= 15 is 0 Å². The largest absolute Gasteiger partial charge is 0.362 e. The maximum Gasteiger partial charge on any atom is 0.184 e. The Morgan fingerprint density at radius 2 is 1.94 bits per heavy atom. The summed E-state index contributed by atoms with van der Waals surface area (Å²) in [6.07, 6.45) is 3.16. The van der Waals surface area contributed by atoms with Gasteiger partial charge in [-0.05, 0) is 6.08 Å². The monoisotopic (exact) mass is 236 g/mol. The van der Waals surface area contributed by atoms with E-state index in [1.807, 2.05) is 6.08 Å². The van der Waals surface area contributed by atoms with Crippen LogP contribution in [0.3, 0.4) is 0 Å². The minimum absolute atomic E-state index is 0.00362. The number of carbonyl (C=O) groups is 1. The Hall–Kier alpha value is -0.710. The molecule has 1 aliphatic carbocycles. The van der Waals surface area contributed by atoms with Gasteiger partial charge in [0.05, 0.1) is 31.2 Å². The highest BCUT2D eigenvalue weighted by Gasteiger charge is 2.80. The molecule has 2 saturated heterocycles. The zero-order chi connectivity index (χ0) is 11.8. The van der Waals surface area contributed by atoms with Gasteiger partial charge < -0.3 is 14.2 Å². The lowest BCUT2D eigenvalue weighted by molar-refractivity contribution is -0.273. The van der Waals surface area contributed by atoms with Crippen LogP contribution in [-0.4, -0.2) is 37.0 Å². The first kappa shape index (κ1) is 10.2. The minimum atomic E-state index is -0.524. The van der Waals surface area contributed by atoms with Gasteiger partial charge in [0.15, 0.2) is 11.6 Å². The van der Waals surface area contributed by atoms with Crippen LogP contribution in [0.15, 0.2) is 12.2 Å². The fraction of sp³-hybridized carbons (Fsp3) is 0.769. The van der Waals surface area contributed by atoms with Gasteiger partial charge in [-0.25, -0.2) is 0 Å². The van der Waals surface area contributed by atoms with Gasteiger partial charge in [-0.1, -0.05) is 19.9 Å². The van der Waals surface area contributed by atoms with E-state index in [0.717, 1.165) is 0 Å². The molecule has 2 bridgehead atoms. The first-order chi connectivity index (χ1) is 8.04. The Bertz CT molecular complexity index is 415. The van der Waals surface area contributed by atoms with Gasteiger partial charge in [-0.2, -0.15) is 0 Å². The molecule has 0 unspecified atom stereocenters. The topological polar surface area (TPSA) is 44.8 Å². The van der Waals surface area contributed by atoms with Crippen LogP contribution in [0.5, 0.6) is 0 Å². The van der Waals surface area contributed by atoms with Crippen molar-refractivity contribution >= 4 is 5.78 Å². The third-order valence-electron chi connectivity index (χ3n) is 4.30. The summed E-state index contributed by atoms with van der Waals surface area (Å²) in [5.41, 5.74) is 0.0674. The van der Waals surface area contributed by atoms with E-state index in [0.29, 0.717) is 13.2 Å². The highest BCUT2D eigenvalue weighted by Crippen LogP contribution is 2.66. The molecule has 3 aliphatic heterocycles. The van der Waals surface area contributed by atoms with Crippen LogP contribution in [0.4, 0.5) is 0 Å². The lowest BCUT2D eigenvalue weighted by Crippen LogP contribution is -2.46. The standard InChI is InChI=1S/C13H16O4/c1-12(2)5-15-13(16-6-12)9-8-4-3-7(14)11(17-8)10(9)13/h3-4,8-11H,5-6H2,1-2H3/t8-,9-,10-,11+/m1/s1. The predicted molar refractivity (Wildman–Crippen MR) is 58.2 cm³/mol. The van der Waals surface area contributed by atoms with Crippen LogP contribution in [0, 0.1) is 17.3 Å². The van der Waals surface area contributed by atoms with Crippen molar-refractivity contribution in [3.63, 3.8) is 0 Å². The number of rotatable bonds is 0. The summed E-state index contributed by atoms with van der Waals surface area (Å²) in [6, 6.07) is 0. The summed E-state index contributed by atoms with van der Waals surface area (Å²) in [5.74, 6) is -0.149. The molecule has 3 fully saturated rings. The molecule has 1 spiro atoms. The number of ketones is 1. The number of ether oxygens (including phenoxy) is 3. The second-order valence-corrected chi connectivity index (χ2v) is 6.30. The summed E-state index contributed by atoms with van der Waals surface area (Å²) < 4.78 is 17.6. The first-order valence-electron chi connectivity index (χ1n) is 6.19. The number of fused-ring (bicyclic) bond motifs is 7. The van der Waals surface area contributed by atoms with Crippen molar-refractivity contribution in [2.45, 2.75) is 31.8 Å². The third-order valence-corrected chi connectivity index (χ3v) is 4.30. The molecule has 0 aromatic heterocycles. The summed E-state index contributed by atoms with van der Waals surface area (Å²) in [5, 5.41) is 0. The summed E-state index contributed by atoms with van der Waals surface area (Å²) in [4.78, 5) is 11.7. The second kappa shape index (κ2) is 2.82. The van der Waals surface area contributed by atoms with Crippen LogP contribution in [0.1, 0.15) is 13.8 Å². The van der Waals surface area contributed by atoms with Crippen molar-refractivity contribution < 1.29 is 19.0 Å². The van der Waals surface area contributed by atoms with Gasteiger partial charge in [0, 0.05) is 5.41 Å². The van der Waals surface area contributed by atoms with Gasteiger partial charge in [-0.15, -0.1) is 0 Å². The average molecular weight is 236 g/mol. The van der Waals surface area contributed by atoms with E-state index in [1.165, 1.54) is 0 Å². The highest BCUT2D eigenvalue weighted by molar-refractivity contribution is 5.96. The SMILES string of the molecule is CC1(C)COC2(OC1)[C@@H]1[C@H]2[C@H]2C=CC(=O)[C@@H]1O2. The highest BCUT2D eigenvalue weighted by atomic mass is 16.7. The molecule has 3 heterocycles. The molecule has 1 saturated carbocycles. The van der Waals surface area contributed by atoms with Crippen molar-refractivity contribution in [3.05, 3.63) is 12.2 Å². The van der Waals surface area contributed by atoms with Crippen LogP contribution >= 0.6 is 0 Å². The molecule has 4 atom stereocenters. The zero-order valence-electron chi connectivity index (χ0n) is 10.0. The zero-order valence-corrected chi connectivity index (χ0v) is 10.0. The van der Waals surface area contributed by atoms with Crippen LogP contribution < -0.4 is 0 Å². The fourth-order valence-electron chi connectivity index (χ4n) is 3.34. The van der Waals surface area contributed by atoms with Crippen LogP contribution in [0.25, 0.3) is 0 Å². The van der Waals surface area contributed by atoms with Crippen molar-refractivity contribution in [2.75, 3.05) is 13.2 Å². The second-order valence-electron chi connectivity index (χ2n) is 6.30.